The predicted molar refractivity (Wildman–Crippen MR) is 116 cm³/mol. The second-order valence-corrected chi connectivity index (χ2v) is 7.81. The number of amides is 1. The maximum atomic E-state index is 14.8. The average Bonchev–Trinajstić information content (AvgIpc) is 3.56. The van der Waals surface area contributed by atoms with Gasteiger partial charge in [-0.1, -0.05) is 0 Å². The number of aromatic nitrogens is 5. The number of hydrogen-bond donors (Lipinski definition) is 2. The van der Waals surface area contributed by atoms with Crippen molar-refractivity contribution in [3.63, 3.8) is 0 Å². The zero-order valence-corrected chi connectivity index (χ0v) is 18.0. The second kappa shape index (κ2) is 8.24. The van der Waals surface area contributed by atoms with Gasteiger partial charge in [0.1, 0.15) is 6.10 Å². The monoisotopic (exact) mass is 453 g/mol. The van der Waals surface area contributed by atoms with E-state index in [0.717, 1.165) is 24.6 Å². The molecule has 170 valence electrons. The lowest BCUT2D eigenvalue weighted by molar-refractivity contribution is 0.0962. The maximum Gasteiger partial charge on any atom is 0.251 e. The van der Waals surface area contributed by atoms with Crippen LogP contribution in [0, 0.1) is 11.6 Å². The average molecular weight is 453 g/mol. The van der Waals surface area contributed by atoms with Crippen molar-refractivity contribution >= 4 is 11.6 Å². The first-order chi connectivity index (χ1) is 15.9. The molecule has 4 aromatic rings. The molecular weight excluding hydrogens is 432 g/mol. The summed E-state index contributed by atoms with van der Waals surface area (Å²) in [4.78, 5) is 16.4. The van der Waals surface area contributed by atoms with E-state index in [4.69, 9.17) is 4.74 Å². The zero-order valence-electron chi connectivity index (χ0n) is 18.0. The molecule has 1 fully saturated rings. The van der Waals surface area contributed by atoms with Crippen LogP contribution < -0.4 is 15.4 Å². The van der Waals surface area contributed by atoms with Crippen molar-refractivity contribution < 1.29 is 18.3 Å². The summed E-state index contributed by atoms with van der Waals surface area (Å²) in [6.45, 7) is 1.51. The van der Waals surface area contributed by atoms with E-state index in [-0.39, 0.29) is 22.9 Å². The van der Waals surface area contributed by atoms with Crippen LogP contribution in [0.15, 0.2) is 36.8 Å². The van der Waals surface area contributed by atoms with Crippen LogP contribution in [-0.4, -0.2) is 56.5 Å². The summed E-state index contributed by atoms with van der Waals surface area (Å²) >= 11 is 0. The lowest BCUT2D eigenvalue weighted by Gasteiger charge is -2.15. The minimum Gasteiger partial charge on any atom is -0.471 e. The van der Waals surface area contributed by atoms with Gasteiger partial charge in [-0.2, -0.15) is 5.10 Å². The van der Waals surface area contributed by atoms with Crippen LogP contribution in [0.4, 0.5) is 8.78 Å². The van der Waals surface area contributed by atoms with Gasteiger partial charge in [-0.05, 0) is 31.2 Å². The van der Waals surface area contributed by atoms with Crippen LogP contribution in [-0.2, 0) is 7.05 Å². The summed E-state index contributed by atoms with van der Waals surface area (Å²) in [6, 6.07) is 3.90. The quantitative estimate of drug-likeness (QED) is 0.481. The van der Waals surface area contributed by atoms with E-state index < -0.39 is 17.5 Å². The topological polar surface area (TPSA) is 98.4 Å². The number of halogens is 2. The highest BCUT2D eigenvalue weighted by Crippen LogP contribution is 2.33. The molecule has 3 aromatic heterocycles. The number of nitrogens with zero attached hydrogens (tertiary/aromatic N) is 5. The highest BCUT2D eigenvalue weighted by Gasteiger charge is 2.23. The molecule has 0 spiro atoms. The van der Waals surface area contributed by atoms with Crippen molar-refractivity contribution in [3.05, 3.63) is 54.0 Å². The molecule has 0 aliphatic carbocycles. The zero-order chi connectivity index (χ0) is 23.1. The van der Waals surface area contributed by atoms with Gasteiger partial charge in [-0.25, -0.2) is 18.3 Å². The van der Waals surface area contributed by atoms with E-state index in [1.165, 1.54) is 23.8 Å². The first-order valence-electron chi connectivity index (χ1n) is 10.4. The van der Waals surface area contributed by atoms with Gasteiger partial charge in [0.2, 0.25) is 5.88 Å². The van der Waals surface area contributed by atoms with Crippen molar-refractivity contribution in [2.45, 2.75) is 12.5 Å². The number of benzene rings is 1. The Balaban J connectivity index is 1.68. The molecule has 5 rings (SSSR count). The second-order valence-electron chi connectivity index (χ2n) is 7.81. The molecule has 11 heteroatoms. The smallest absolute Gasteiger partial charge is 0.251 e. The van der Waals surface area contributed by atoms with E-state index >= 15 is 0 Å². The van der Waals surface area contributed by atoms with Crippen LogP contribution in [0.5, 0.6) is 5.88 Å². The Kier molecular flexibility index (Phi) is 5.25. The molecule has 33 heavy (non-hydrogen) atoms. The van der Waals surface area contributed by atoms with Crippen LogP contribution >= 0.6 is 0 Å². The van der Waals surface area contributed by atoms with Gasteiger partial charge in [0.05, 0.1) is 23.7 Å². The van der Waals surface area contributed by atoms with E-state index in [1.54, 1.807) is 24.0 Å². The van der Waals surface area contributed by atoms with E-state index in [9.17, 15) is 13.6 Å². The minimum absolute atomic E-state index is 0.0122. The molecule has 0 unspecified atom stereocenters. The summed E-state index contributed by atoms with van der Waals surface area (Å²) in [5, 5.41) is 14.5. The largest absolute Gasteiger partial charge is 0.471 e. The third-order valence-corrected chi connectivity index (χ3v) is 5.56. The summed E-state index contributed by atoms with van der Waals surface area (Å²) in [7, 11) is 3.22. The number of aryl methyl sites for hydroxylation is 1. The van der Waals surface area contributed by atoms with Crippen LogP contribution in [0.3, 0.4) is 0 Å². The molecule has 2 N–H and O–H groups in total. The van der Waals surface area contributed by atoms with Crippen molar-refractivity contribution in [1.29, 1.82) is 0 Å². The van der Waals surface area contributed by atoms with Crippen molar-refractivity contribution in [3.8, 4) is 28.3 Å². The number of rotatable bonds is 5. The fourth-order valence-electron chi connectivity index (χ4n) is 3.87. The first kappa shape index (κ1) is 21.0. The van der Waals surface area contributed by atoms with Crippen LogP contribution in [0.25, 0.3) is 28.0 Å². The lowest BCUT2D eigenvalue weighted by Crippen LogP contribution is -2.21. The normalized spacial score (nSPS) is 15.8. The van der Waals surface area contributed by atoms with Gasteiger partial charge < -0.3 is 15.4 Å². The van der Waals surface area contributed by atoms with Crippen molar-refractivity contribution in [1.82, 2.24) is 35.0 Å². The Labute approximate surface area is 187 Å². The van der Waals surface area contributed by atoms with E-state index in [1.807, 2.05) is 6.20 Å². The summed E-state index contributed by atoms with van der Waals surface area (Å²) < 4.78 is 38.3. The third kappa shape index (κ3) is 3.80. The predicted octanol–water partition coefficient (Wildman–Crippen LogP) is 2.18. The highest BCUT2D eigenvalue weighted by atomic mass is 19.2. The number of fused-ring (bicyclic) bond motifs is 1. The number of imidazole rings is 1. The van der Waals surface area contributed by atoms with Gasteiger partial charge in [0, 0.05) is 43.5 Å². The van der Waals surface area contributed by atoms with Crippen molar-refractivity contribution in [2.24, 2.45) is 7.05 Å². The number of carbonyl (C=O) groups excluding carboxylic acids is 1. The molecule has 4 heterocycles. The number of ether oxygens (including phenoxy) is 1. The molecule has 1 aliphatic heterocycles. The van der Waals surface area contributed by atoms with Gasteiger partial charge >= 0.3 is 0 Å². The fraction of sp³-hybridized carbons (Fsp3) is 0.273. The number of carbonyl (C=O) groups is 1. The van der Waals surface area contributed by atoms with E-state index in [2.05, 4.69) is 25.8 Å². The first-order valence-corrected chi connectivity index (χ1v) is 10.4. The van der Waals surface area contributed by atoms with Gasteiger partial charge in [-0.3, -0.25) is 9.48 Å². The fourth-order valence-corrected chi connectivity index (χ4v) is 3.87. The molecule has 9 nitrogen and oxygen atoms in total. The molecule has 1 atom stereocenters. The molecule has 0 radical (unpaired) electrons. The number of nitrogens with one attached hydrogen (secondary N) is 2. The lowest BCUT2D eigenvalue weighted by atomic mass is 10.1. The number of hydrogen-bond acceptors (Lipinski definition) is 6. The Bertz CT molecular complexity index is 1360. The standard InChI is InChI=1S/C22H21F2N7O2/c1-25-21(32)12-5-16(20(24)17(23)6-12)18-10-27-19-7-15(13-8-28-30(2)11-13)22(29-31(18)19)33-14-3-4-26-9-14/h5-8,10-11,14,26H,3-4,9H2,1-2H3,(H,25,32)/t14-/m0/s1. The molecular formula is C22H21F2N7O2. The molecule has 1 aromatic carbocycles. The SMILES string of the molecule is CNC(=O)c1cc(F)c(F)c(-c2cnc3cc(-c4cnn(C)c4)c(O[C@H]4CCNC4)nn23)c1. The van der Waals surface area contributed by atoms with Gasteiger partial charge in [0.15, 0.2) is 17.3 Å². The van der Waals surface area contributed by atoms with Gasteiger partial charge in [0.25, 0.3) is 5.91 Å². The van der Waals surface area contributed by atoms with Crippen LogP contribution in [0.1, 0.15) is 16.8 Å². The molecule has 1 aliphatic rings. The summed E-state index contributed by atoms with van der Waals surface area (Å²) in [5.74, 6) is -2.44. The third-order valence-electron chi connectivity index (χ3n) is 5.56. The Hall–Kier alpha value is -3.86. The Morgan fingerprint density at radius 1 is 1.24 bits per heavy atom. The Morgan fingerprint density at radius 3 is 2.79 bits per heavy atom. The maximum absolute atomic E-state index is 14.8. The van der Waals surface area contributed by atoms with Gasteiger partial charge in [-0.15, -0.1) is 5.10 Å². The summed E-state index contributed by atoms with van der Waals surface area (Å²) in [5.41, 5.74) is 1.94. The highest BCUT2D eigenvalue weighted by molar-refractivity contribution is 5.95. The molecule has 1 amide bonds. The van der Waals surface area contributed by atoms with E-state index in [0.29, 0.717) is 23.6 Å². The Morgan fingerprint density at radius 2 is 2.09 bits per heavy atom. The molecule has 1 saturated heterocycles. The molecule has 0 saturated carbocycles. The minimum atomic E-state index is -1.14. The molecule has 0 bridgehead atoms. The van der Waals surface area contributed by atoms with Crippen LogP contribution in [0.2, 0.25) is 0 Å². The van der Waals surface area contributed by atoms with Crippen molar-refractivity contribution in [2.75, 3.05) is 20.1 Å². The summed E-state index contributed by atoms with van der Waals surface area (Å²) in [6.07, 6.45) is 5.65.